The first kappa shape index (κ1) is 17.3. The number of halogens is 1. The molecule has 9 heteroatoms. The SMILES string of the molecule is CCCC(COc1ccc(F)cc1[N+](=O)[O-])CS(N)(=O)=O. The van der Waals surface area contributed by atoms with Crippen molar-refractivity contribution in [1.82, 2.24) is 0 Å². The molecule has 0 fully saturated rings. The molecule has 7 nitrogen and oxygen atoms in total. The molecule has 0 aliphatic rings. The summed E-state index contributed by atoms with van der Waals surface area (Å²) in [5, 5.41) is 15.8. The Morgan fingerprint density at radius 3 is 2.67 bits per heavy atom. The van der Waals surface area contributed by atoms with Crippen LogP contribution >= 0.6 is 0 Å². The van der Waals surface area contributed by atoms with E-state index in [0.29, 0.717) is 6.42 Å². The van der Waals surface area contributed by atoms with Crippen molar-refractivity contribution in [2.75, 3.05) is 12.4 Å². The molecule has 0 amide bonds. The van der Waals surface area contributed by atoms with Gasteiger partial charge in [0.05, 0.1) is 23.3 Å². The highest BCUT2D eigenvalue weighted by molar-refractivity contribution is 7.89. The number of nitro benzene ring substituents is 1. The number of ether oxygens (including phenoxy) is 1. The average molecular weight is 320 g/mol. The van der Waals surface area contributed by atoms with Crippen molar-refractivity contribution in [3.8, 4) is 5.75 Å². The summed E-state index contributed by atoms with van der Waals surface area (Å²) in [6, 6.07) is 2.94. The van der Waals surface area contributed by atoms with Crippen molar-refractivity contribution in [3.05, 3.63) is 34.1 Å². The van der Waals surface area contributed by atoms with Gasteiger partial charge in [0.2, 0.25) is 10.0 Å². The Balaban J connectivity index is 2.82. The summed E-state index contributed by atoms with van der Waals surface area (Å²) in [6.45, 7) is 1.83. The maximum Gasteiger partial charge on any atom is 0.313 e. The molecule has 1 rings (SSSR count). The van der Waals surface area contributed by atoms with Gasteiger partial charge in [-0.25, -0.2) is 17.9 Å². The summed E-state index contributed by atoms with van der Waals surface area (Å²) in [7, 11) is -3.66. The highest BCUT2D eigenvalue weighted by Crippen LogP contribution is 2.28. The van der Waals surface area contributed by atoms with Crippen molar-refractivity contribution in [3.63, 3.8) is 0 Å². The third-order valence-electron chi connectivity index (χ3n) is 2.76. The Hall–Kier alpha value is -1.74. The zero-order valence-electron chi connectivity index (χ0n) is 11.5. The molecular weight excluding hydrogens is 303 g/mol. The van der Waals surface area contributed by atoms with Gasteiger partial charge in [-0.3, -0.25) is 10.1 Å². The molecule has 0 spiro atoms. The third kappa shape index (κ3) is 6.05. The Labute approximate surface area is 122 Å². The van der Waals surface area contributed by atoms with Crippen LogP contribution < -0.4 is 9.88 Å². The van der Waals surface area contributed by atoms with E-state index in [2.05, 4.69) is 0 Å². The number of hydrogen-bond donors (Lipinski definition) is 1. The van der Waals surface area contributed by atoms with Gasteiger partial charge >= 0.3 is 5.69 Å². The second-order valence-corrected chi connectivity index (χ2v) is 6.32. The van der Waals surface area contributed by atoms with Gasteiger partial charge in [-0.15, -0.1) is 0 Å². The monoisotopic (exact) mass is 320 g/mol. The Bertz CT molecular complexity index is 606. The fraction of sp³-hybridized carbons (Fsp3) is 0.500. The molecule has 0 saturated heterocycles. The molecule has 0 saturated carbocycles. The number of primary sulfonamides is 1. The lowest BCUT2D eigenvalue weighted by Crippen LogP contribution is -2.27. The number of sulfonamides is 1. The first-order valence-electron chi connectivity index (χ1n) is 6.30. The van der Waals surface area contributed by atoms with Crippen molar-refractivity contribution in [1.29, 1.82) is 0 Å². The third-order valence-corrected chi connectivity index (χ3v) is 3.69. The second-order valence-electron chi connectivity index (χ2n) is 4.66. The van der Waals surface area contributed by atoms with Gasteiger partial charge in [-0.2, -0.15) is 0 Å². The number of benzene rings is 1. The van der Waals surface area contributed by atoms with Gasteiger partial charge in [-0.1, -0.05) is 13.3 Å². The van der Waals surface area contributed by atoms with E-state index in [4.69, 9.17) is 9.88 Å². The predicted octanol–water partition coefficient (Wildman–Crippen LogP) is 1.82. The molecule has 0 aliphatic heterocycles. The molecule has 1 aromatic rings. The molecule has 21 heavy (non-hydrogen) atoms. The Kier molecular flexibility index (Phi) is 6.03. The molecule has 1 unspecified atom stereocenters. The topological polar surface area (TPSA) is 113 Å². The summed E-state index contributed by atoms with van der Waals surface area (Å²) in [5.41, 5.74) is -0.499. The van der Waals surface area contributed by atoms with Gasteiger partial charge in [0.1, 0.15) is 5.82 Å². The largest absolute Gasteiger partial charge is 0.486 e. The van der Waals surface area contributed by atoms with Gasteiger partial charge in [0, 0.05) is 5.92 Å². The smallest absolute Gasteiger partial charge is 0.313 e. The lowest BCUT2D eigenvalue weighted by Gasteiger charge is -2.15. The minimum absolute atomic E-state index is 0.0449. The maximum atomic E-state index is 13.0. The Morgan fingerprint density at radius 1 is 1.48 bits per heavy atom. The molecule has 0 bridgehead atoms. The number of nitrogens with two attached hydrogens (primary N) is 1. The molecule has 1 atom stereocenters. The van der Waals surface area contributed by atoms with Crippen LogP contribution in [0, 0.1) is 21.8 Å². The average Bonchev–Trinajstić information content (AvgIpc) is 2.35. The zero-order valence-corrected chi connectivity index (χ0v) is 12.3. The number of nitro groups is 1. The van der Waals surface area contributed by atoms with Gasteiger partial charge in [0.25, 0.3) is 0 Å². The molecule has 2 N–H and O–H groups in total. The summed E-state index contributed by atoms with van der Waals surface area (Å²) < 4.78 is 40.5. The van der Waals surface area contributed by atoms with Gasteiger partial charge in [-0.05, 0) is 18.6 Å². The molecule has 0 aromatic heterocycles. The summed E-state index contributed by atoms with van der Waals surface area (Å²) in [4.78, 5) is 10.1. The van der Waals surface area contributed by atoms with Crippen LogP contribution in [0.25, 0.3) is 0 Å². The van der Waals surface area contributed by atoms with E-state index in [0.717, 1.165) is 24.6 Å². The van der Waals surface area contributed by atoms with E-state index in [9.17, 15) is 22.9 Å². The summed E-state index contributed by atoms with van der Waals surface area (Å²) in [6.07, 6.45) is 1.26. The fourth-order valence-corrected chi connectivity index (χ4v) is 2.83. The highest BCUT2D eigenvalue weighted by atomic mass is 32.2. The summed E-state index contributed by atoms with van der Waals surface area (Å²) >= 11 is 0. The molecule has 0 aliphatic carbocycles. The van der Waals surface area contributed by atoms with Crippen LogP contribution in [0.3, 0.4) is 0 Å². The minimum atomic E-state index is -3.66. The van der Waals surface area contributed by atoms with Crippen LogP contribution in [-0.2, 0) is 10.0 Å². The maximum absolute atomic E-state index is 13.0. The second kappa shape index (κ2) is 7.32. The molecular formula is C12H17FN2O5S. The fourth-order valence-electron chi connectivity index (χ4n) is 1.91. The molecule has 118 valence electrons. The van der Waals surface area contributed by atoms with Gasteiger partial charge in [0.15, 0.2) is 5.75 Å². The number of rotatable bonds is 8. The van der Waals surface area contributed by atoms with E-state index in [1.807, 2.05) is 6.92 Å². The van der Waals surface area contributed by atoms with E-state index < -0.39 is 26.5 Å². The Morgan fingerprint density at radius 2 is 2.14 bits per heavy atom. The van der Waals surface area contributed by atoms with E-state index >= 15 is 0 Å². The first-order valence-corrected chi connectivity index (χ1v) is 8.01. The van der Waals surface area contributed by atoms with Gasteiger partial charge < -0.3 is 4.74 Å². The van der Waals surface area contributed by atoms with Crippen molar-refractivity contribution in [2.24, 2.45) is 11.1 Å². The van der Waals surface area contributed by atoms with Crippen molar-refractivity contribution < 1.29 is 22.5 Å². The number of nitrogens with zero attached hydrogens (tertiary/aromatic N) is 1. The lowest BCUT2D eigenvalue weighted by molar-refractivity contribution is -0.386. The van der Waals surface area contributed by atoms with Crippen LogP contribution in [0.15, 0.2) is 18.2 Å². The molecule has 1 aromatic carbocycles. The van der Waals surface area contributed by atoms with Crippen LogP contribution in [0.5, 0.6) is 5.75 Å². The van der Waals surface area contributed by atoms with E-state index in [1.165, 1.54) is 0 Å². The molecule has 0 heterocycles. The lowest BCUT2D eigenvalue weighted by atomic mass is 10.1. The van der Waals surface area contributed by atoms with Crippen LogP contribution in [-0.4, -0.2) is 25.7 Å². The van der Waals surface area contributed by atoms with Crippen LogP contribution in [0.4, 0.5) is 10.1 Å². The van der Waals surface area contributed by atoms with E-state index in [1.54, 1.807) is 0 Å². The molecule has 0 radical (unpaired) electrons. The zero-order chi connectivity index (χ0) is 16.0. The summed E-state index contributed by atoms with van der Waals surface area (Å²) in [5.74, 6) is -1.49. The normalized spacial score (nSPS) is 12.9. The van der Waals surface area contributed by atoms with Crippen molar-refractivity contribution in [2.45, 2.75) is 19.8 Å². The van der Waals surface area contributed by atoms with Crippen LogP contribution in [0.1, 0.15) is 19.8 Å². The quantitative estimate of drug-likeness (QED) is 0.580. The number of hydrogen-bond acceptors (Lipinski definition) is 5. The standard InChI is InChI=1S/C12H17FN2O5S/c1-2-3-9(8-21(14,18)19)7-20-12-5-4-10(13)6-11(12)15(16)17/h4-6,9H,2-3,7-8H2,1H3,(H2,14,18,19). The minimum Gasteiger partial charge on any atom is -0.486 e. The predicted molar refractivity (Wildman–Crippen MR) is 74.9 cm³/mol. The van der Waals surface area contributed by atoms with E-state index in [-0.39, 0.29) is 24.0 Å². The first-order chi connectivity index (χ1) is 9.73. The highest BCUT2D eigenvalue weighted by Gasteiger charge is 2.20. The van der Waals surface area contributed by atoms with Crippen LogP contribution in [0.2, 0.25) is 0 Å². The van der Waals surface area contributed by atoms with Crippen molar-refractivity contribution >= 4 is 15.7 Å².